The molecule has 6 nitrogen and oxygen atoms in total. The zero-order valence-electron chi connectivity index (χ0n) is 16.2. The van der Waals surface area contributed by atoms with Gasteiger partial charge in [-0.3, -0.25) is 15.6 Å². The minimum absolute atomic E-state index is 0.00275. The summed E-state index contributed by atoms with van der Waals surface area (Å²) in [5.41, 5.74) is 3.98. The Morgan fingerprint density at radius 2 is 1.83 bits per heavy atom. The molecule has 1 aliphatic rings. The highest BCUT2D eigenvalue weighted by Crippen LogP contribution is 2.30. The quantitative estimate of drug-likeness (QED) is 0.687. The van der Waals surface area contributed by atoms with Crippen LogP contribution in [0.15, 0.2) is 53.4 Å². The van der Waals surface area contributed by atoms with Crippen LogP contribution in [-0.4, -0.2) is 31.2 Å². The summed E-state index contributed by atoms with van der Waals surface area (Å²) in [6.07, 6.45) is -1.97. The first-order valence-corrected chi connectivity index (χ1v) is 10.9. The SMILES string of the molecule is CC1CCCCN1S(=O)(=O)c1cccc(C(=O)NNc2cccc(C(F)(F)F)c2)c1. The molecule has 0 saturated carbocycles. The van der Waals surface area contributed by atoms with Gasteiger partial charge in [0.25, 0.3) is 5.91 Å². The number of sulfonamides is 1. The van der Waals surface area contributed by atoms with Gasteiger partial charge in [0.1, 0.15) is 0 Å². The Kier molecular flexibility index (Phi) is 6.37. The molecule has 2 N–H and O–H groups in total. The smallest absolute Gasteiger partial charge is 0.298 e. The number of alkyl halides is 3. The molecule has 0 radical (unpaired) electrons. The lowest BCUT2D eigenvalue weighted by Gasteiger charge is -2.32. The van der Waals surface area contributed by atoms with Crippen LogP contribution in [0.3, 0.4) is 0 Å². The summed E-state index contributed by atoms with van der Waals surface area (Å²) in [6, 6.07) is 9.82. The van der Waals surface area contributed by atoms with Crippen molar-refractivity contribution in [2.24, 2.45) is 0 Å². The number of halogens is 3. The molecule has 0 bridgehead atoms. The summed E-state index contributed by atoms with van der Waals surface area (Å²) in [7, 11) is -3.75. The number of hydrogen-bond acceptors (Lipinski definition) is 4. The van der Waals surface area contributed by atoms with Gasteiger partial charge in [-0.05, 0) is 56.2 Å². The van der Waals surface area contributed by atoms with E-state index in [0.29, 0.717) is 6.54 Å². The molecule has 162 valence electrons. The first kappa shape index (κ1) is 22.1. The van der Waals surface area contributed by atoms with Gasteiger partial charge in [-0.2, -0.15) is 17.5 Å². The lowest BCUT2D eigenvalue weighted by Crippen LogP contribution is -2.42. The maximum Gasteiger partial charge on any atom is 0.416 e. The molecule has 1 aliphatic heterocycles. The van der Waals surface area contributed by atoms with E-state index in [1.165, 1.54) is 40.7 Å². The Balaban J connectivity index is 1.74. The van der Waals surface area contributed by atoms with Gasteiger partial charge in [0.05, 0.1) is 16.1 Å². The molecule has 1 amide bonds. The van der Waals surface area contributed by atoms with Crippen LogP contribution in [0.1, 0.15) is 42.1 Å². The molecule has 3 rings (SSSR count). The number of rotatable bonds is 5. The van der Waals surface area contributed by atoms with Gasteiger partial charge in [0, 0.05) is 18.2 Å². The summed E-state index contributed by atoms with van der Waals surface area (Å²) in [6.45, 7) is 2.28. The fourth-order valence-electron chi connectivity index (χ4n) is 3.34. The van der Waals surface area contributed by atoms with E-state index in [-0.39, 0.29) is 22.2 Å². The Morgan fingerprint density at radius 1 is 1.10 bits per heavy atom. The van der Waals surface area contributed by atoms with Crippen molar-refractivity contribution >= 4 is 21.6 Å². The zero-order chi connectivity index (χ0) is 21.9. The van der Waals surface area contributed by atoms with Gasteiger partial charge in [0.2, 0.25) is 10.0 Å². The van der Waals surface area contributed by atoms with Crippen molar-refractivity contribution < 1.29 is 26.4 Å². The van der Waals surface area contributed by atoms with E-state index >= 15 is 0 Å². The predicted octanol–water partition coefficient (Wildman–Crippen LogP) is 4.03. The summed E-state index contributed by atoms with van der Waals surface area (Å²) >= 11 is 0. The Morgan fingerprint density at radius 3 is 2.53 bits per heavy atom. The fourth-order valence-corrected chi connectivity index (χ4v) is 5.08. The van der Waals surface area contributed by atoms with Crippen LogP contribution in [-0.2, 0) is 16.2 Å². The largest absolute Gasteiger partial charge is 0.416 e. The second-order valence-corrected chi connectivity index (χ2v) is 9.04. The number of anilines is 1. The number of amides is 1. The molecule has 0 aliphatic carbocycles. The lowest BCUT2D eigenvalue weighted by molar-refractivity contribution is -0.137. The average Bonchev–Trinajstić information content (AvgIpc) is 2.72. The minimum atomic E-state index is -4.50. The summed E-state index contributed by atoms with van der Waals surface area (Å²) in [4.78, 5) is 12.4. The van der Waals surface area contributed by atoms with Gasteiger partial charge in [-0.25, -0.2) is 8.42 Å². The Labute approximate surface area is 173 Å². The first-order chi connectivity index (χ1) is 14.1. The Hall–Kier alpha value is -2.59. The maximum atomic E-state index is 13.0. The number of piperidine rings is 1. The molecule has 1 fully saturated rings. The fraction of sp³-hybridized carbons (Fsp3) is 0.350. The predicted molar refractivity (Wildman–Crippen MR) is 106 cm³/mol. The second kappa shape index (κ2) is 8.65. The molecule has 10 heteroatoms. The molecule has 1 heterocycles. The summed E-state index contributed by atoms with van der Waals surface area (Å²) in [5.74, 6) is -0.670. The monoisotopic (exact) mass is 441 g/mol. The highest BCUT2D eigenvalue weighted by atomic mass is 32.2. The molecule has 1 saturated heterocycles. The Bertz CT molecular complexity index is 1030. The number of benzene rings is 2. The van der Waals surface area contributed by atoms with Crippen LogP contribution in [0.5, 0.6) is 0 Å². The molecule has 30 heavy (non-hydrogen) atoms. The molecule has 1 atom stereocenters. The topological polar surface area (TPSA) is 78.5 Å². The standard InChI is InChI=1S/C20H22F3N3O3S/c1-14-6-2-3-11-26(14)30(28,29)18-10-4-7-15(12-18)19(27)25-24-17-9-5-8-16(13-17)20(21,22)23/h4-5,7-10,12-14,24H,2-3,6,11H2,1H3,(H,25,27). The molecule has 1 unspecified atom stereocenters. The summed E-state index contributed by atoms with van der Waals surface area (Å²) in [5, 5.41) is 0. The van der Waals surface area contributed by atoms with Gasteiger partial charge >= 0.3 is 6.18 Å². The van der Waals surface area contributed by atoms with E-state index < -0.39 is 27.7 Å². The second-order valence-electron chi connectivity index (χ2n) is 7.15. The third-order valence-electron chi connectivity index (χ3n) is 4.96. The van der Waals surface area contributed by atoms with Crippen molar-refractivity contribution in [1.29, 1.82) is 0 Å². The van der Waals surface area contributed by atoms with Crippen LogP contribution in [0.25, 0.3) is 0 Å². The first-order valence-electron chi connectivity index (χ1n) is 9.44. The van der Waals surface area contributed by atoms with Crippen molar-refractivity contribution in [2.45, 2.75) is 43.3 Å². The number of nitrogens with one attached hydrogen (secondary N) is 2. The molecule has 2 aromatic carbocycles. The van der Waals surface area contributed by atoms with E-state index in [1.807, 2.05) is 6.92 Å². The molecular formula is C20H22F3N3O3S. The van der Waals surface area contributed by atoms with Gasteiger partial charge < -0.3 is 0 Å². The number of hydrazine groups is 1. The number of hydrogen-bond donors (Lipinski definition) is 2. The lowest BCUT2D eigenvalue weighted by atomic mass is 10.1. The number of carbonyl (C=O) groups excluding carboxylic acids is 1. The number of carbonyl (C=O) groups is 1. The van der Waals surface area contributed by atoms with Gasteiger partial charge in [-0.15, -0.1) is 0 Å². The highest BCUT2D eigenvalue weighted by molar-refractivity contribution is 7.89. The summed E-state index contributed by atoms with van der Waals surface area (Å²) < 4.78 is 65.7. The third-order valence-corrected chi connectivity index (χ3v) is 6.96. The average molecular weight is 441 g/mol. The van der Waals surface area contributed by atoms with E-state index in [1.54, 1.807) is 0 Å². The number of nitrogens with zero attached hydrogens (tertiary/aromatic N) is 1. The van der Waals surface area contributed by atoms with E-state index in [0.717, 1.165) is 31.4 Å². The zero-order valence-corrected chi connectivity index (χ0v) is 17.1. The normalized spacial score (nSPS) is 18.1. The van der Waals surface area contributed by atoms with Crippen LogP contribution in [0.4, 0.5) is 18.9 Å². The van der Waals surface area contributed by atoms with Crippen LogP contribution in [0, 0.1) is 0 Å². The van der Waals surface area contributed by atoms with Crippen molar-refractivity contribution in [3.63, 3.8) is 0 Å². The van der Waals surface area contributed by atoms with Crippen molar-refractivity contribution in [3.8, 4) is 0 Å². The van der Waals surface area contributed by atoms with Crippen molar-refractivity contribution in [2.75, 3.05) is 12.0 Å². The van der Waals surface area contributed by atoms with Gasteiger partial charge in [0.15, 0.2) is 0 Å². The minimum Gasteiger partial charge on any atom is -0.298 e. The third kappa shape index (κ3) is 4.93. The van der Waals surface area contributed by atoms with E-state index in [9.17, 15) is 26.4 Å². The van der Waals surface area contributed by atoms with Crippen LogP contribution in [0.2, 0.25) is 0 Å². The van der Waals surface area contributed by atoms with E-state index in [2.05, 4.69) is 10.9 Å². The maximum absolute atomic E-state index is 13.0. The van der Waals surface area contributed by atoms with E-state index in [4.69, 9.17) is 0 Å². The van der Waals surface area contributed by atoms with Crippen molar-refractivity contribution in [1.82, 2.24) is 9.73 Å². The van der Waals surface area contributed by atoms with Crippen LogP contribution >= 0.6 is 0 Å². The molecule has 0 spiro atoms. The van der Waals surface area contributed by atoms with Crippen LogP contribution < -0.4 is 10.9 Å². The van der Waals surface area contributed by atoms with Crippen molar-refractivity contribution in [3.05, 3.63) is 59.7 Å². The highest BCUT2D eigenvalue weighted by Gasteiger charge is 2.32. The van der Waals surface area contributed by atoms with Gasteiger partial charge in [-0.1, -0.05) is 18.6 Å². The molecule has 2 aromatic rings. The molecular weight excluding hydrogens is 419 g/mol. The molecule has 0 aromatic heterocycles.